The van der Waals surface area contributed by atoms with Crippen molar-refractivity contribution in [2.24, 2.45) is 0 Å². The topological polar surface area (TPSA) is 33.3 Å². The van der Waals surface area contributed by atoms with Crippen LogP contribution in [0.15, 0.2) is 18.2 Å². The van der Waals surface area contributed by atoms with Crippen LogP contribution in [0.5, 0.6) is 5.75 Å². The molecule has 0 radical (unpaired) electrons. The molecule has 1 saturated heterocycles. The van der Waals surface area contributed by atoms with Gasteiger partial charge in [0.15, 0.2) is 0 Å². The van der Waals surface area contributed by atoms with Gasteiger partial charge in [0.05, 0.1) is 7.11 Å². The van der Waals surface area contributed by atoms with Crippen molar-refractivity contribution in [3.8, 4) is 5.75 Å². The molecule has 18 heavy (non-hydrogen) atoms. The molecule has 0 bridgehead atoms. The van der Waals surface area contributed by atoms with Crippen LogP contribution in [0.1, 0.15) is 36.9 Å². The van der Waals surface area contributed by atoms with Gasteiger partial charge in [-0.2, -0.15) is 0 Å². The van der Waals surface area contributed by atoms with E-state index in [2.05, 4.69) is 35.8 Å². The monoisotopic (exact) mass is 248 g/mol. The molecule has 0 spiro atoms. The summed E-state index contributed by atoms with van der Waals surface area (Å²) in [4.78, 5) is 0. The highest BCUT2D eigenvalue weighted by Gasteiger charge is 2.24. The summed E-state index contributed by atoms with van der Waals surface area (Å²) in [6.07, 6.45) is 3.53. The van der Waals surface area contributed by atoms with Gasteiger partial charge in [0.25, 0.3) is 0 Å². The van der Waals surface area contributed by atoms with E-state index >= 15 is 0 Å². The Balaban J connectivity index is 2.24. The van der Waals surface area contributed by atoms with E-state index in [4.69, 9.17) is 4.74 Å². The zero-order chi connectivity index (χ0) is 13.0. The first-order valence-corrected chi connectivity index (χ1v) is 6.87. The van der Waals surface area contributed by atoms with E-state index < -0.39 is 0 Å². The fraction of sp³-hybridized carbons (Fsp3) is 0.600. The number of ether oxygens (including phenoxy) is 1. The van der Waals surface area contributed by atoms with Gasteiger partial charge < -0.3 is 15.4 Å². The van der Waals surface area contributed by atoms with Crippen LogP contribution in [-0.4, -0.2) is 26.7 Å². The summed E-state index contributed by atoms with van der Waals surface area (Å²) in [5.74, 6) is 0.996. The van der Waals surface area contributed by atoms with Crippen molar-refractivity contribution in [1.82, 2.24) is 10.6 Å². The zero-order valence-electron chi connectivity index (χ0n) is 11.6. The Labute approximate surface area is 110 Å². The van der Waals surface area contributed by atoms with Crippen LogP contribution in [0.25, 0.3) is 0 Å². The quantitative estimate of drug-likeness (QED) is 0.838. The van der Waals surface area contributed by atoms with E-state index in [0.29, 0.717) is 12.1 Å². The summed E-state index contributed by atoms with van der Waals surface area (Å²) in [6, 6.07) is 7.49. The third-order valence-corrected chi connectivity index (χ3v) is 3.86. The molecular weight excluding hydrogens is 224 g/mol. The van der Waals surface area contributed by atoms with E-state index in [1.54, 1.807) is 7.11 Å². The summed E-state index contributed by atoms with van der Waals surface area (Å²) in [6.45, 7) is 3.31. The molecule has 1 aliphatic rings. The lowest BCUT2D eigenvalue weighted by atomic mass is 9.95. The lowest BCUT2D eigenvalue weighted by Crippen LogP contribution is -2.36. The van der Waals surface area contributed by atoms with Gasteiger partial charge in [0.1, 0.15) is 5.75 Å². The predicted octanol–water partition coefficient (Wildman–Crippen LogP) is 2.27. The summed E-state index contributed by atoms with van der Waals surface area (Å²) in [5, 5.41) is 7.02. The third kappa shape index (κ3) is 2.68. The van der Waals surface area contributed by atoms with Gasteiger partial charge >= 0.3 is 0 Å². The van der Waals surface area contributed by atoms with E-state index in [-0.39, 0.29) is 0 Å². The maximum absolute atomic E-state index is 5.39. The fourth-order valence-corrected chi connectivity index (χ4v) is 2.86. The molecule has 1 heterocycles. The van der Waals surface area contributed by atoms with Crippen molar-refractivity contribution in [3.05, 3.63) is 29.3 Å². The molecule has 3 heteroatoms. The Kier molecular flexibility index (Phi) is 4.61. The zero-order valence-corrected chi connectivity index (χ0v) is 11.6. The van der Waals surface area contributed by atoms with Crippen LogP contribution in [0.3, 0.4) is 0 Å². The minimum Gasteiger partial charge on any atom is -0.496 e. The number of likely N-dealkylation sites (N-methyl/N-ethyl adjacent to an activating group) is 1. The van der Waals surface area contributed by atoms with E-state index in [0.717, 1.165) is 18.7 Å². The smallest absolute Gasteiger partial charge is 0.122 e. The largest absolute Gasteiger partial charge is 0.496 e. The van der Waals surface area contributed by atoms with Crippen molar-refractivity contribution >= 4 is 0 Å². The number of hydrogen-bond acceptors (Lipinski definition) is 3. The molecule has 2 unspecified atom stereocenters. The van der Waals surface area contributed by atoms with Crippen molar-refractivity contribution in [1.29, 1.82) is 0 Å². The molecule has 2 N–H and O–H groups in total. The van der Waals surface area contributed by atoms with Crippen LogP contribution in [-0.2, 0) is 6.42 Å². The molecule has 0 aromatic heterocycles. The molecule has 0 saturated carbocycles. The van der Waals surface area contributed by atoms with Crippen molar-refractivity contribution in [3.63, 3.8) is 0 Å². The standard InChI is InChI=1S/C15H24N2O/c1-4-11-10-12(7-8-14(11)18-3)15(16-2)13-6-5-9-17-13/h7-8,10,13,15-17H,4-6,9H2,1-3H3. The molecule has 2 rings (SSSR count). The minimum atomic E-state index is 0.392. The predicted molar refractivity (Wildman–Crippen MR) is 75.2 cm³/mol. The highest BCUT2D eigenvalue weighted by Crippen LogP contribution is 2.27. The Hall–Kier alpha value is -1.06. The average molecular weight is 248 g/mol. The van der Waals surface area contributed by atoms with Crippen LogP contribution in [0, 0.1) is 0 Å². The minimum absolute atomic E-state index is 0.392. The highest BCUT2D eigenvalue weighted by molar-refractivity contribution is 5.39. The van der Waals surface area contributed by atoms with Crippen molar-refractivity contribution in [2.75, 3.05) is 20.7 Å². The summed E-state index contributed by atoms with van der Waals surface area (Å²) in [7, 11) is 3.78. The number of nitrogens with one attached hydrogen (secondary N) is 2. The first-order chi connectivity index (χ1) is 8.80. The summed E-state index contributed by atoms with van der Waals surface area (Å²) >= 11 is 0. The molecule has 2 atom stereocenters. The average Bonchev–Trinajstić information content (AvgIpc) is 2.93. The van der Waals surface area contributed by atoms with Gasteiger partial charge in [0, 0.05) is 12.1 Å². The highest BCUT2D eigenvalue weighted by atomic mass is 16.5. The van der Waals surface area contributed by atoms with Gasteiger partial charge in [-0.05, 0) is 50.0 Å². The van der Waals surface area contributed by atoms with Crippen molar-refractivity contribution in [2.45, 2.75) is 38.3 Å². The molecular formula is C15H24N2O. The number of hydrogen-bond donors (Lipinski definition) is 2. The van der Waals surface area contributed by atoms with Gasteiger partial charge in [0.2, 0.25) is 0 Å². The SMILES string of the molecule is CCc1cc(C(NC)C2CCCN2)ccc1OC. The first kappa shape index (κ1) is 13.4. The van der Waals surface area contributed by atoms with Crippen LogP contribution < -0.4 is 15.4 Å². The van der Waals surface area contributed by atoms with Crippen LogP contribution >= 0.6 is 0 Å². The van der Waals surface area contributed by atoms with E-state index in [1.807, 2.05) is 7.05 Å². The van der Waals surface area contributed by atoms with Gasteiger partial charge in [-0.25, -0.2) is 0 Å². The van der Waals surface area contributed by atoms with Crippen molar-refractivity contribution < 1.29 is 4.74 Å². The number of rotatable bonds is 5. The summed E-state index contributed by atoms with van der Waals surface area (Å²) < 4.78 is 5.39. The maximum atomic E-state index is 5.39. The number of methoxy groups -OCH3 is 1. The Bertz CT molecular complexity index is 386. The number of benzene rings is 1. The first-order valence-electron chi connectivity index (χ1n) is 6.87. The van der Waals surface area contributed by atoms with Gasteiger partial charge in [-0.1, -0.05) is 19.1 Å². The normalized spacial score (nSPS) is 20.9. The number of aryl methyl sites for hydroxylation is 1. The second-order valence-corrected chi connectivity index (χ2v) is 4.89. The second-order valence-electron chi connectivity index (χ2n) is 4.89. The summed E-state index contributed by atoms with van der Waals surface area (Å²) in [5.41, 5.74) is 2.64. The van der Waals surface area contributed by atoms with Crippen LogP contribution in [0.4, 0.5) is 0 Å². The fourth-order valence-electron chi connectivity index (χ4n) is 2.86. The molecule has 100 valence electrons. The lowest BCUT2D eigenvalue weighted by Gasteiger charge is -2.24. The molecule has 0 aliphatic carbocycles. The molecule has 1 fully saturated rings. The molecule has 0 amide bonds. The molecule has 1 aromatic rings. The van der Waals surface area contributed by atoms with Gasteiger partial charge in [-0.15, -0.1) is 0 Å². The Morgan fingerprint density at radius 1 is 1.50 bits per heavy atom. The maximum Gasteiger partial charge on any atom is 0.122 e. The Morgan fingerprint density at radius 3 is 2.89 bits per heavy atom. The van der Waals surface area contributed by atoms with E-state index in [1.165, 1.54) is 24.0 Å². The third-order valence-electron chi connectivity index (χ3n) is 3.86. The van der Waals surface area contributed by atoms with Gasteiger partial charge in [-0.3, -0.25) is 0 Å². The lowest BCUT2D eigenvalue weighted by molar-refractivity contribution is 0.407. The van der Waals surface area contributed by atoms with E-state index in [9.17, 15) is 0 Å². The molecule has 1 aliphatic heterocycles. The Morgan fingerprint density at radius 2 is 2.33 bits per heavy atom. The second kappa shape index (κ2) is 6.21. The molecule has 1 aromatic carbocycles. The molecule has 3 nitrogen and oxygen atoms in total. The van der Waals surface area contributed by atoms with Crippen LogP contribution in [0.2, 0.25) is 0 Å².